The van der Waals surface area contributed by atoms with Gasteiger partial charge in [-0.25, -0.2) is 0 Å². The molecule has 21 heavy (non-hydrogen) atoms. The second kappa shape index (κ2) is 10.4. The van der Waals surface area contributed by atoms with Crippen LogP contribution in [0, 0.1) is 5.92 Å². The number of aliphatic imine (C=N–C) groups is 1. The van der Waals surface area contributed by atoms with Crippen LogP contribution >= 0.6 is 0 Å². The largest absolute Gasteiger partial charge is 0.383 e. The van der Waals surface area contributed by atoms with Crippen LogP contribution in [-0.2, 0) is 9.53 Å². The van der Waals surface area contributed by atoms with Crippen molar-refractivity contribution < 1.29 is 9.53 Å². The van der Waals surface area contributed by atoms with Gasteiger partial charge in [0.25, 0.3) is 0 Å². The lowest BCUT2D eigenvalue weighted by Crippen LogP contribution is -2.47. The number of hydrogen-bond donors (Lipinski definition) is 3. The average molecular weight is 298 g/mol. The Morgan fingerprint density at radius 3 is 2.52 bits per heavy atom. The van der Waals surface area contributed by atoms with Crippen LogP contribution in [0.3, 0.4) is 0 Å². The summed E-state index contributed by atoms with van der Waals surface area (Å²) in [6.07, 6.45) is 6.20. The highest BCUT2D eigenvalue weighted by molar-refractivity contribution is 5.86. The third-order valence-electron chi connectivity index (χ3n) is 4.03. The van der Waals surface area contributed by atoms with Crippen LogP contribution in [0.4, 0.5) is 0 Å². The molecule has 3 N–H and O–H groups in total. The highest BCUT2D eigenvalue weighted by Crippen LogP contribution is 2.26. The lowest BCUT2D eigenvalue weighted by molar-refractivity contribution is -0.120. The molecule has 0 unspecified atom stereocenters. The Hall–Kier alpha value is -1.30. The van der Waals surface area contributed by atoms with Crippen LogP contribution in [0.25, 0.3) is 0 Å². The molecule has 1 saturated carbocycles. The lowest BCUT2D eigenvalue weighted by atomic mass is 9.84. The van der Waals surface area contributed by atoms with Crippen molar-refractivity contribution in [2.24, 2.45) is 10.9 Å². The first-order valence-electron chi connectivity index (χ1n) is 7.92. The number of carbonyl (C=O) groups excluding carboxylic acids is 1. The number of methoxy groups -OCH3 is 1. The number of ether oxygens (including phenoxy) is 1. The molecule has 0 saturated heterocycles. The van der Waals surface area contributed by atoms with E-state index in [-0.39, 0.29) is 12.5 Å². The zero-order valence-corrected chi connectivity index (χ0v) is 13.6. The summed E-state index contributed by atoms with van der Waals surface area (Å²) in [5.74, 6) is 1.53. The third kappa shape index (κ3) is 7.32. The maximum atomic E-state index is 11.6. The van der Waals surface area contributed by atoms with E-state index in [1.165, 1.54) is 32.1 Å². The van der Waals surface area contributed by atoms with Crippen molar-refractivity contribution in [3.8, 4) is 0 Å². The summed E-state index contributed by atoms with van der Waals surface area (Å²) in [6.45, 7) is 3.55. The number of hydrogen-bond acceptors (Lipinski definition) is 3. The number of amides is 1. The Kier molecular flexibility index (Phi) is 8.82. The summed E-state index contributed by atoms with van der Waals surface area (Å²) >= 11 is 0. The van der Waals surface area contributed by atoms with Gasteiger partial charge in [0.1, 0.15) is 0 Å². The number of carbonyl (C=O) groups is 1. The van der Waals surface area contributed by atoms with E-state index in [0.29, 0.717) is 25.2 Å². The first kappa shape index (κ1) is 17.8. The smallest absolute Gasteiger partial charge is 0.239 e. The quantitative estimate of drug-likeness (QED) is 0.371. The van der Waals surface area contributed by atoms with Crippen LogP contribution in [-0.4, -0.2) is 51.8 Å². The van der Waals surface area contributed by atoms with Crippen molar-refractivity contribution >= 4 is 11.9 Å². The summed E-state index contributed by atoms with van der Waals surface area (Å²) < 4.78 is 4.89. The molecule has 0 aromatic rings. The Bertz CT molecular complexity index is 326. The van der Waals surface area contributed by atoms with E-state index in [0.717, 1.165) is 5.92 Å². The average Bonchev–Trinajstić information content (AvgIpc) is 2.52. The summed E-state index contributed by atoms with van der Waals surface area (Å²) in [7, 11) is 3.35. The molecule has 122 valence electrons. The van der Waals surface area contributed by atoms with Gasteiger partial charge < -0.3 is 20.7 Å². The van der Waals surface area contributed by atoms with Crippen molar-refractivity contribution in [2.75, 3.05) is 33.9 Å². The fraction of sp³-hybridized carbons (Fsp3) is 0.867. The minimum absolute atomic E-state index is 0.0512. The van der Waals surface area contributed by atoms with E-state index in [1.807, 2.05) is 0 Å². The predicted octanol–water partition coefficient (Wildman–Crippen LogP) is 0.883. The minimum atomic E-state index is -0.0512. The molecule has 0 spiro atoms. The molecule has 1 rings (SSSR count). The molecule has 0 atom stereocenters. The van der Waals surface area contributed by atoms with Gasteiger partial charge in [-0.15, -0.1) is 0 Å². The first-order valence-corrected chi connectivity index (χ1v) is 7.92. The molecule has 1 aliphatic carbocycles. The van der Waals surface area contributed by atoms with E-state index >= 15 is 0 Å². The zero-order valence-electron chi connectivity index (χ0n) is 13.6. The summed E-state index contributed by atoms with van der Waals surface area (Å²) in [6, 6.07) is 0.468. The van der Waals surface area contributed by atoms with Crippen LogP contribution in [0.5, 0.6) is 0 Å². The molecule has 0 heterocycles. The topological polar surface area (TPSA) is 74.8 Å². The summed E-state index contributed by atoms with van der Waals surface area (Å²) in [5, 5.41) is 9.23. The van der Waals surface area contributed by atoms with Crippen molar-refractivity contribution in [1.82, 2.24) is 16.0 Å². The molecule has 1 amide bonds. The number of guanidine groups is 1. The highest BCUT2D eigenvalue weighted by Gasteiger charge is 2.20. The number of rotatable bonds is 7. The second-order valence-corrected chi connectivity index (χ2v) is 5.54. The Morgan fingerprint density at radius 2 is 1.95 bits per heavy atom. The van der Waals surface area contributed by atoms with Crippen molar-refractivity contribution in [3.63, 3.8) is 0 Å². The van der Waals surface area contributed by atoms with E-state index in [9.17, 15) is 4.79 Å². The van der Waals surface area contributed by atoms with Gasteiger partial charge in [0, 0.05) is 26.7 Å². The first-order chi connectivity index (χ1) is 10.2. The molecule has 0 aromatic carbocycles. The normalized spacial score (nSPS) is 22.7. The molecule has 1 aliphatic rings. The maximum absolute atomic E-state index is 11.6. The Balaban J connectivity index is 2.22. The molecule has 0 aliphatic heterocycles. The molecule has 1 fully saturated rings. The summed E-state index contributed by atoms with van der Waals surface area (Å²) in [4.78, 5) is 15.8. The van der Waals surface area contributed by atoms with Gasteiger partial charge in [0.2, 0.25) is 5.91 Å². The number of nitrogens with one attached hydrogen (secondary N) is 3. The van der Waals surface area contributed by atoms with Gasteiger partial charge in [-0.3, -0.25) is 9.79 Å². The fourth-order valence-corrected chi connectivity index (χ4v) is 2.62. The molecular formula is C15H30N4O2. The van der Waals surface area contributed by atoms with Crippen molar-refractivity contribution in [3.05, 3.63) is 0 Å². The van der Waals surface area contributed by atoms with Crippen LogP contribution < -0.4 is 16.0 Å². The monoisotopic (exact) mass is 298 g/mol. The molecule has 6 nitrogen and oxygen atoms in total. The predicted molar refractivity (Wildman–Crippen MR) is 85.4 cm³/mol. The fourth-order valence-electron chi connectivity index (χ4n) is 2.62. The van der Waals surface area contributed by atoms with Crippen molar-refractivity contribution in [2.45, 2.75) is 45.1 Å². The highest BCUT2D eigenvalue weighted by atomic mass is 16.5. The molecule has 6 heteroatoms. The van der Waals surface area contributed by atoms with Gasteiger partial charge in [-0.1, -0.05) is 13.3 Å². The molecule has 0 aromatic heterocycles. The van der Waals surface area contributed by atoms with E-state index < -0.39 is 0 Å². The summed E-state index contributed by atoms with van der Waals surface area (Å²) in [5.41, 5.74) is 0. The van der Waals surface area contributed by atoms with Gasteiger partial charge in [-0.05, 0) is 31.6 Å². The van der Waals surface area contributed by atoms with E-state index in [4.69, 9.17) is 4.74 Å². The molecule has 0 bridgehead atoms. The zero-order chi connectivity index (χ0) is 15.5. The standard InChI is InChI=1S/C15H30N4O2/c1-4-12-5-7-13(8-6-12)19-15(16-2)18-11-14(20)17-9-10-21-3/h12-13H,4-11H2,1-3H3,(H,17,20)(H2,16,18,19). The van der Waals surface area contributed by atoms with Gasteiger partial charge >= 0.3 is 0 Å². The van der Waals surface area contributed by atoms with Crippen LogP contribution in [0.1, 0.15) is 39.0 Å². The minimum Gasteiger partial charge on any atom is -0.383 e. The third-order valence-corrected chi connectivity index (χ3v) is 4.03. The van der Waals surface area contributed by atoms with E-state index in [2.05, 4.69) is 27.9 Å². The number of nitrogens with zero attached hydrogens (tertiary/aromatic N) is 1. The van der Waals surface area contributed by atoms with Crippen LogP contribution in [0.15, 0.2) is 4.99 Å². The van der Waals surface area contributed by atoms with Gasteiger partial charge in [-0.2, -0.15) is 0 Å². The van der Waals surface area contributed by atoms with E-state index in [1.54, 1.807) is 14.2 Å². The van der Waals surface area contributed by atoms with Crippen molar-refractivity contribution in [1.29, 1.82) is 0 Å². The second-order valence-electron chi connectivity index (χ2n) is 5.54. The molecule has 0 radical (unpaired) electrons. The SMILES string of the molecule is CCC1CCC(NC(=NC)NCC(=O)NCCOC)CC1. The van der Waals surface area contributed by atoms with Gasteiger partial charge in [0.05, 0.1) is 13.2 Å². The maximum Gasteiger partial charge on any atom is 0.239 e. The van der Waals surface area contributed by atoms with Gasteiger partial charge in [0.15, 0.2) is 5.96 Å². The van der Waals surface area contributed by atoms with Crippen LogP contribution in [0.2, 0.25) is 0 Å². The molecular weight excluding hydrogens is 268 g/mol. The Labute approximate surface area is 128 Å². The lowest BCUT2D eigenvalue weighted by Gasteiger charge is -2.29. The Morgan fingerprint density at radius 1 is 1.24 bits per heavy atom.